The summed E-state index contributed by atoms with van der Waals surface area (Å²) in [4.78, 5) is 8.08. The van der Waals surface area contributed by atoms with E-state index in [-0.39, 0.29) is 5.92 Å². The molecule has 4 heteroatoms. The summed E-state index contributed by atoms with van der Waals surface area (Å²) < 4.78 is 0. The molecule has 0 saturated carbocycles. The second kappa shape index (κ2) is 5.05. The molecule has 0 amide bonds. The lowest BCUT2D eigenvalue weighted by molar-refractivity contribution is 0.781. The number of nitrogens with zero attached hydrogens (tertiary/aromatic N) is 2. The molecule has 0 aliphatic carbocycles. The lowest BCUT2D eigenvalue weighted by atomic mass is 9.96. The van der Waals surface area contributed by atoms with Crippen LogP contribution in [0, 0.1) is 0 Å². The van der Waals surface area contributed by atoms with Crippen LogP contribution < -0.4 is 5.73 Å². The summed E-state index contributed by atoms with van der Waals surface area (Å²) in [7, 11) is 0. The molecule has 0 bridgehead atoms. The molecule has 1 aromatic heterocycles. The van der Waals surface area contributed by atoms with Gasteiger partial charge in [0.2, 0.25) is 0 Å². The van der Waals surface area contributed by atoms with Crippen LogP contribution in [0.25, 0.3) is 0 Å². The summed E-state index contributed by atoms with van der Waals surface area (Å²) in [6, 6.07) is 11.8. The van der Waals surface area contributed by atoms with E-state index in [0.29, 0.717) is 11.7 Å². The van der Waals surface area contributed by atoms with Gasteiger partial charge in [0, 0.05) is 12.5 Å². The van der Waals surface area contributed by atoms with Crippen molar-refractivity contribution in [3.63, 3.8) is 0 Å². The van der Waals surface area contributed by atoms with Gasteiger partial charge in [-0.05, 0) is 11.6 Å². The highest BCUT2D eigenvalue weighted by Gasteiger charge is 2.13. The number of rotatable bonds is 3. The largest absolute Gasteiger partial charge is 0.329 e. The molecule has 0 aliphatic heterocycles. The van der Waals surface area contributed by atoms with E-state index in [1.54, 1.807) is 6.07 Å². The minimum absolute atomic E-state index is 0.0710. The van der Waals surface area contributed by atoms with E-state index in [9.17, 15) is 0 Å². The van der Waals surface area contributed by atoms with Crippen LogP contribution in [-0.2, 0) is 0 Å². The molecule has 16 heavy (non-hydrogen) atoms. The number of hydrogen-bond acceptors (Lipinski definition) is 3. The fourth-order valence-corrected chi connectivity index (χ4v) is 1.81. The van der Waals surface area contributed by atoms with E-state index >= 15 is 0 Å². The van der Waals surface area contributed by atoms with Gasteiger partial charge in [0.25, 0.3) is 0 Å². The summed E-state index contributed by atoms with van der Waals surface area (Å²) >= 11 is 5.84. The minimum Gasteiger partial charge on any atom is -0.329 e. The Hall–Kier alpha value is -1.45. The molecule has 3 nitrogen and oxygen atoms in total. The van der Waals surface area contributed by atoms with E-state index in [1.807, 2.05) is 30.3 Å². The van der Waals surface area contributed by atoms with Gasteiger partial charge < -0.3 is 5.73 Å². The first kappa shape index (κ1) is 11.0. The third-order valence-corrected chi connectivity index (χ3v) is 2.66. The van der Waals surface area contributed by atoms with Gasteiger partial charge in [0.15, 0.2) is 0 Å². The Balaban J connectivity index is 2.37. The van der Waals surface area contributed by atoms with Crippen molar-refractivity contribution in [2.45, 2.75) is 5.92 Å². The predicted molar refractivity (Wildman–Crippen MR) is 64.4 cm³/mol. The third-order valence-electron chi connectivity index (χ3n) is 2.45. The highest BCUT2D eigenvalue weighted by atomic mass is 35.5. The first-order valence-electron chi connectivity index (χ1n) is 5.03. The lowest BCUT2D eigenvalue weighted by Gasteiger charge is -2.14. The first-order valence-corrected chi connectivity index (χ1v) is 5.41. The average molecular weight is 234 g/mol. The zero-order chi connectivity index (χ0) is 11.4. The Morgan fingerprint density at radius 2 is 1.94 bits per heavy atom. The first-order chi connectivity index (χ1) is 7.81. The predicted octanol–water partition coefficient (Wildman–Crippen LogP) is 2.22. The Morgan fingerprint density at radius 3 is 2.56 bits per heavy atom. The zero-order valence-electron chi connectivity index (χ0n) is 8.68. The van der Waals surface area contributed by atoms with Crippen molar-refractivity contribution >= 4 is 11.6 Å². The van der Waals surface area contributed by atoms with Gasteiger partial charge in [-0.3, -0.25) is 0 Å². The van der Waals surface area contributed by atoms with Gasteiger partial charge in [0.05, 0.1) is 5.69 Å². The molecule has 1 aromatic carbocycles. The van der Waals surface area contributed by atoms with Crippen LogP contribution in [0.15, 0.2) is 42.7 Å². The van der Waals surface area contributed by atoms with Crippen molar-refractivity contribution in [2.75, 3.05) is 6.54 Å². The number of hydrogen-bond donors (Lipinski definition) is 1. The van der Waals surface area contributed by atoms with Gasteiger partial charge in [-0.2, -0.15) is 0 Å². The van der Waals surface area contributed by atoms with Gasteiger partial charge in [-0.1, -0.05) is 41.9 Å². The molecule has 2 N–H and O–H groups in total. The van der Waals surface area contributed by atoms with Gasteiger partial charge in [-0.15, -0.1) is 0 Å². The molecule has 1 heterocycles. The van der Waals surface area contributed by atoms with Gasteiger partial charge >= 0.3 is 0 Å². The Bertz CT molecular complexity index is 459. The summed E-state index contributed by atoms with van der Waals surface area (Å²) in [6.45, 7) is 0.497. The van der Waals surface area contributed by atoms with Crippen LogP contribution in [-0.4, -0.2) is 16.5 Å². The standard InChI is InChI=1S/C12H12ClN3/c13-12-6-11(15-8-16-12)10(7-14)9-4-2-1-3-5-9/h1-6,8,10H,7,14H2. The second-order valence-electron chi connectivity index (χ2n) is 3.46. The molecule has 2 aromatic rings. The molecule has 0 fully saturated rings. The Morgan fingerprint density at radius 1 is 1.19 bits per heavy atom. The van der Waals surface area contributed by atoms with E-state index < -0.39 is 0 Å². The maximum absolute atomic E-state index is 5.84. The van der Waals surface area contributed by atoms with Crippen molar-refractivity contribution < 1.29 is 0 Å². The number of halogens is 1. The maximum atomic E-state index is 5.84. The summed E-state index contributed by atoms with van der Waals surface area (Å²) in [5, 5.41) is 0.444. The quantitative estimate of drug-likeness (QED) is 0.828. The molecule has 1 atom stereocenters. The van der Waals surface area contributed by atoms with Gasteiger partial charge in [0.1, 0.15) is 11.5 Å². The van der Waals surface area contributed by atoms with Crippen LogP contribution >= 0.6 is 11.6 Å². The van der Waals surface area contributed by atoms with Crippen molar-refractivity contribution in [3.05, 3.63) is 59.1 Å². The molecule has 0 saturated heterocycles. The molecular formula is C12H12ClN3. The second-order valence-corrected chi connectivity index (χ2v) is 3.85. The smallest absolute Gasteiger partial charge is 0.132 e. The topological polar surface area (TPSA) is 51.8 Å². The SMILES string of the molecule is NCC(c1ccccc1)c1cc(Cl)ncn1. The van der Waals surface area contributed by atoms with Crippen LogP contribution in [0.3, 0.4) is 0 Å². The monoisotopic (exact) mass is 233 g/mol. The molecular weight excluding hydrogens is 222 g/mol. The highest BCUT2D eigenvalue weighted by molar-refractivity contribution is 6.29. The van der Waals surface area contributed by atoms with E-state index in [4.69, 9.17) is 17.3 Å². The van der Waals surface area contributed by atoms with Crippen LogP contribution in [0.5, 0.6) is 0 Å². The average Bonchev–Trinajstić information content (AvgIpc) is 2.31. The molecule has 1 unspecified atom stereocenters. The van der Waals surface area contributed by atoms with Crippen molar-refractivity contribution in [1.29, 1.82) is 0 Å². The third kappa shape index (κ3) is 2.38. The maximum Gasteiger partial charge on any atom is 0.132 e. The normalized spacial score (nSPS) is 12.4. The molecule has 82 valence electrons. The minimum atomic E-state index is 0.0710. The zero-order valence-corrected chi connectivity index (χ0v) is 9.43. The molecule has 0 radical (unpaired) electrons. The molecule has 2 rings (SSSR count). The fourth-order valence-electron chi connectivity index (χ4n) is 1.65. The van der Waals surface area contributed by atoms with E-state index in [1.165, 1.54) is 6.33 Å². The Kier molecular flexibility index (Phi) is 3.49. The van der Waals surface area contributed by atoms with E-state index in [2.05, 4.69) is 9.97 Å². The van der Waals surface area contributed by atoms with Crippen LogP contribution in [0.2, 0.25) is 5.15 Å². The van der Waals surface area contributed by atoms with E-state index in [0.717, 1.165) is 11.3 Å². The van der Waals surface area contributed by atoms with Crippen molar-refractivity contribution in [3.8, 4) is 0 Å². The number of benzene rings is 1. The van der Waals surface area contributed by atoms with Crippen molar-refractivity contribution in [2.24, 2.45) is 5.73 Å². The molecule has 0 aliphatic rings. The Labute approximate surface area is 99.3 Å². The fraction of sp³-hybridized carbons (Fsp3) is 0.167. The van der Waals surface area contributed by atoms with Crippen LogP contribution in [0.4, 0.5) is 0 Å². The highest BCUT2D eigenvalue weighted by Crippen LogP contribution is 2.22. The number of aromatic nitrogens is 2. The summed E-state index contributed by atoms with van der Waals surface area (Å²) in [5.41, 5.74) is 7.78. The summed E-state index contributed by atoms with van der Waals surface area (Å²) in [5.74, 6) is 0.0710. The summed E-state index contributed by atoms with van der Waals surface area (Å²) in [6.07, 6.45) is 1.46. The van der Waals surface area contributed by atoms with Gasteiger partial charge in [-0.25, -0.2) is 9.97 Å². The number of nitrogens with two attached hydrogens (primary N) is 1. The van der Waals surface area contributed by atoms with Crippen molar-refractivity contribution in [1.82, 2.24) is 9.97 Å². The van der Waals surface area contributed by atoms with Crippen LogP contribution in [0.1, 0.15) is 17.2 Å². The lowest BCUT2D eigenvalue weighted by Crippen LogP contribution is -2.15. The molecule has 0 spiro atoms.